The van der Waals surface area contributed by atoms with E-state index in [2.05, 4.69) is 38.9 Å². The van der Waals surface area contributed by atoms with E-state index in [0.717, 1.165) is 24.7 Å². The van der Waals surface area contributed by atoms with Crippen LogP contribution in [0.25, 0.3) is 0 Å². The quantitative estimate of drug-likeness (QED) is 0.799. The number of nitrogens with zero attached hydrogens (tertiary/aromatic N) is 4. The second-order valence-electron chi connectivity index (χ2n) is 4.46. The van der Waals surface area contributed by atoms with Crippen molar-refractivity contribution in [3.8, 4) is 0 Å². The molecule has 0 spiro atoms. The summed E-state index contributed by atoms with van der Waals surface area (Å²) in [7, 11) is 6.04. The van der Waals surface area contributed by atoms with Crippen LogP contribution in [0.1, 0.15) is 13.8 Å². The third-order valence-electron chi connectivity index (χ3n) is 2.86. The Morgan fingerprint density at radius 2 is 1.88 bits per heavy atom. The summed E-state index contributed by atoms with van der Waals surface area (Å²) in [6.45, 7) is 6.16. The number of rotatable bonds is 6. The van der Waals surface area contributed by atoms with Gasteiger partial charge in [0.1, 0.15) is 18.0 Å². The molecule has 1 aromatic heterocycles. The Labute approximate surface area is 104 Å². The highest BCUT2D eigenvalue weighted by Crippen LogP contribution is 2.16. The van der Waals surface area contributed by atoms with E-state index >= 15 is 0 Å². The van der Waals surface area contributed by atoms with Crippen LogP contribution in [0.5, 0.6) is 0 Å². The van der Waals surface area contributed by atoms with Gasteiger partial charge in [-0.1, -0.05) is 0 Å². The Balaban J connectivity index is 2.78. The van der Waals surface area contributed by atoms with E-state index in [1.165, 1.54) is 0 Å². The van der Waals surface area contributed by atoms with Crippen molar-refractivity contribution in [3.05, 3.63) is 12.4 Å². The van der Waals surface area contributed by atoms with Crippen molar-refractivity contribution in [1.29, 1.82) is 0 Å². The molecule has 0 unspecified atom stereocenters. The molecule has 17 heavy (non-hydrogen) atoms. The fraction of sp³-hybridized carbons (Fsp3) is 0.667. The largest absolute Gasteiger partial charge is 0.358 e. The van der Waals surface area contributed by atoms with Gasteiger partial charge in [0.25, 0.3) is 0 Å². The molecule has 0 fully saturated rings. The summed E-state index contributed by atoms with van der Waals surface area (Å²) < 4.78 is 0. The number of hydrogen-bond acceptors (Lipinski definition) is 5. The maximum Gasteiger partial charge on any atom is 0.134 e. The van der Waals surface area contributed by atoms with Crippen LogP contribution in [0.3, 0.4) is 0 Å². The van der Waals surface area contributed by atoms with Gasteiger partial charge in [0.15, 0.2) is 0 Å². The number of aromatic nitrogens is 2. The third-order valence-corrected chi connectivity index (χ3v) is 2.86. The smallest absolute Gasteiger partial charge is 0.134 e. The Hall–Kier alpha value is -1.36. The Morgan fingerprint density at radius 3 is 2.47 bits per heavy atom. The highest BCUT2D eigenvalue weighted by molar-refractivity contribution is 5.49. The molecule has 0 amide bonds. The molecule has 0 aromatic carbocycles. The van der Waals surface area contributed by atoms with Crippen molar-refractivity contribution in [2.24, 2.45) is 0 Å². The molecule has 1 heterocycles. The van der Waals surface area contributed by atoms with Gasteiger partial charge in [-0.05, 0) is 20.9 Å². The van der Waals surface area contributed by atoms with Gasteiger partial charge in [0.05, 0.1) is 0 Å². The molecule has 0 saturated heterocycles. The summed E-state index contributed by atoms with van der Waals surface area (Å²) >= 11 is 0. The zero-order valence-electron chi connectivity index (χ0n) is 11.4. The van der Waals surface area contributed by atoms with Gasteiger partial charge < -0.3 is 15.1 Å². The SMILES string of the molecule is CNCCN(C)c1cc(N(C)C(C)C)ncn1. The number of hydrogen-bond donors (Lipinski definition) is 1. The lowest BCUT2D eigenvalue weighted by Gasteiger charge is -2.24. The summed E-state index contributed by atoms with van der Waals surface area (Å²) in [5.41, 5.74) is 0. The predicted octanol–water partition coefficient (Wildman–Crippen LogP) is 0.977. The van der Waals surface area contributed by atoms with E-state index in [4.69, 9.17) is 0 Å². The molecular formula is C12H23N5. The highest BCUT2D eigenvalue weighted by atomic mass is 15.2. The van der Waals surface area contributed by atoms with Crippen molar-refractivity contribution >= 4 is 11.6 Å². The number of anilines is 2. The van der Waals surface area contributed by atoms with Gasteiger partial charge in [-0.15, -0.1) is 0 Å². The molecule has 5 nitrogen and oxygen atoms in total. The van der Waals surface area contributed by atoms with E-state index in [0.29, 0.717) is 6.04 Å². The van der Waals surface area contributed by atoms with Crippen molar-refractivity contribution in [2.75, 3.05) is 44.0 Å². The van der Waals surface area contributed by atoms with E-state index in [-0.39, 0.29) is 0 Å². The van der Waals surface area contributed by atoms with Crippen LogP contribution in [0.2, 0.25) is 0 Å². The van der Waals surface area contributed by atoms with E-state index < -0.39 is 0 Å². The van der Waals surface area contributed by atoms with Crippen LogP contribution in [0, 0.1) is 0 Å². The normalized spacial score (nSPS) is 10.7. The van der Waals surface area contributed by atoms with Gasteiger partial charge >= 0.3 is 0 Å². The topological polar surface area (TPSA) is 44.3 Å². The first-order chi connectivity index (χ1) is 8.06. The van der Waals surface area contributed by atoms with Crippen LogP contribution in [0.15, 0.2) is 12.4 Å². The minimum absolute atomic E-state index is 0.431. The first-order valence-corrected chi connectivity index (χ1v) is 5.97. The molecule has 96 valence electrons. The van der Waals surface area contributed by atoms with E-state index in [9.17, 15) is 0 Å². The molecule has 0 aliphatic rings. The Kier molecular flexibility index (Phi) is 5.15. The lowest BCUT2D eigenvalue weighted by Crippen LogP contribution is -2.29. The molecule has 1 N–H and O–H groups in total. The average molecular weight is 237 g/mol. The van der Waals surface area contributed by atoms with Crippen LogP contribution >= 0.6 is 0 Å². The van der Waals surface area contributed by atoms with Crippen molar-refractivity contribution in [1.82, 2.24) is 15.3 Å². The van der Waals surface area contributed by atoms with Crippen molar-refractivity contribution in [3.63, 3.8) is 0 Å². The zero-order chi connectivity index (χ0) is 12.8. The van der Waals surface area contributed by atoms with E-state index in [1.807, 2.05) is 27.2 Å². The van der Waals surface area contributed by atoms with Crippen molar-refractivity contribution < 1.29 is 0 Å². The molecule has 0 aliphatic heterocycles. The molecule has 0 saturated carbocycles. The minimum Gasteiger partial charge on any atom is -0.358 e. The first kappa shape index (κ1) is 13.7. The van der Waals surface area contributed by atoms with Gasteiger partial charge in [-0.2, -0.15) is 0 Å². The number of nitrogens with one attached hydrogen (secondary N) is 1. The fourth-order valence-electron chi connectivity index (χ4n) is 1.40. The predicted molar refractivity (Wildman–Crippen MR) is 72.8 cm³/mol. The molecule has 1 aromatic rings. The molecule has 0 bridgehead atoms. The lowest BCUT2D eigenvalue weighted by atomic mass is 10.3. The summed E-state index contributed by atoms with van der Waals surface area (Å²) in [6, 6.07) is 2.45. The van der Waals surface area contributed by atoms with E-state index in [1.54, 1.807) is 6.33 Å². The van der Waals surface area contributed by atoms with Crippen molar-refractivity contribution in [2.45, 2.75) is 19.9 Å². The van der Waals surface area contributed by atoms with Gasteiger partial charge in [0.2, 0.25) is 0 Å². The molecular weight excluding hydrogens is 214 g/mol. The lowest BCUT2D eigenvalue weighted by molar-refractivity contribution is 0.736. The summed E-state index contributed by atoms with van der Waals surface area (Å²) in [6.07, 6.45) is 1.62. The first-order valence-electron chi connectivity index (χ1n) is 5.97. The second kappa shape index (κ2) is 6.39. The van der Waals surface area contributed by atoms with Crippen LogP contribution in [-0.4, -0.2) is 50.2 Å². The average Bonchev–Trinajstić information content (AvgIpc) is 2.35. The molecule has 0 atom stereocenters. The molecule has 1 rings (SSSR count). The summed E-state index contributed by atoms with van der Waals surface area (Å²) in [5.74, 6) is 1.92. The second-order valence-corrected chi connectivity index (χ2v) is 4.46. The zero-order valence-corrected chi connectivity index (χ0v) is 11.4. The minimum atomic E-state index is 0.431. The molecule has 0 radical (unpaired) electrons. The van der Waals surface area contributed by atoms with Crippen LogP contribution in [0.4, 0.5) is 11.6 Å². The molecule has 5 heteroatoms. The van der Waals surface area contributed by atoms with Gasteiger partial charge in [-0.3, -0.25) is 0 Å². The summed E-state index contributed by atoms with van der Waals surface area (Å²) in [4.78, 5) is 12.8. The van der Waals surface area contributed by atoms with Crippen LogP contribution in [-0.2, 0) is 0 Å². The maximum absolute atomic E-state index is 4.30. The van der Waals surface area contributed by atoms with Crippen LogP contribution < -0.4 is 15.1 Å². The standard InChI is InChI=1S/C12H23N5/c1-10(2)17(5)12-8-11(14-9-15-12)16(4)7-6-13-3/h8-10,13H,6-7H2,1-5H3. The number of likely N-dealkylation sites (N-methyl/N-ethyl adjacent to an activating group) is 2. The Bertz CT molecular complexity index is 339. The Morgan fingerprint density at radius 1 is 1.24 bits per heavy atom. The van der Waals surface area contributed by atoms with Gasteiger partial charge in [0, 0.05) is 39.3 Å². The third kappa shape index (κ3) is 3.85. The van der Waals surface area contributed by atoms with Gasteiger partial charge in [-0.25, -0.2) is 9.97 Å². The fourth-order valence-corrected chi connectivity index (χ4v) is 1.40. The molecule has 0 aliphatic carbocycles. The highest BCUT2D eigenvalue weighted by Gasteiger charge is 2.09. The monoisotopic (exact) mass is 237 g/mol. The maximum atomic E-state index is 4.30. The summed E-state index contributed by atoms with van der Waals surface area (Å²) in [5, 5.41) is 3.13.